The third-order valence-corrected chi connectivity index (χ3v) is 3.47. The summed E-state index contributed by atoms with van der Waals surface area (Å²) in [4.78, 5) is 0. The maximum atomic E-state index is 13.7. The fraction of sp³-hybridized carbons (Fsp3) is 0.250. The highest BCUT2D eigenvalue weighted by molar-refractivity contribution is 6.21. The number of hydrogen-bond acceptors (Lipinski definition) is 2. The topological polar surface area (TPSA) is 21.3 Å². The number of halogens is 2. The zero-order chi connectivity index (χ0) is 14.4. The number of methoxy groups -OCH3 is 1. The zero-order valence-corrected chi connectivity index (χ0v) is 12.0. The summed E-state index contributed by atoms with van der Waals surface area (Å²) in [5.74, 6) is 0.244. The highest BCUT2D eigenvalue weighted by Gasteiger charge is 2.08. The maximum absolute atomic E-state index is 13.7. The minimum atomic E-state index is -0.275. The molecule has 0 amide bonds. The molecule has 0 saturated heterocycles. The molecular formula is C16H17ClFNO. The van der Waals surface area contributed by atoms with Crippen molar-refractivity contribution in [1.82, 2.24) is 5.32 Å². The van der Waals surface area contributed by atoms with Crippen LogP contribution in [0.3, 0.4) is 0 Å². The molecule has 1 N–H and O–H groups in total. The van der Waals surface area contributed by atoms with E-state index in [1.807, 2.05) is 30.3 Å². The molecule has 0 aliphatic heterocycles. The van der Waals surface area contributed by atoms with Crippen molar-refractivity contribution in [1.29, 1.82) is 0 Å². The monoisotopic (exact) mass is 293 g/mol. The van der Waals surface area contributed by atoms with Gasteiger partial charge in [0.2, 0.25) is 0 Å². The normalized spacial score (nSPS) is 12.2. The van der Waals surface area contributed by atoms with Crippen LogP contribution in [0.25, 0.3) is 0 Å². The highest BCUT2D eigenvalue weighted by atomic mass is 35.5. The van der Waals surface area contributed by atoms with Crippen molar-refractivity contribution in [3.05, 3.63) is 65.5 Å². The molecule has 0 aliphatic rings. The van der Waals surface area contributed by atoms with Crippen LogP contribution in [0, 0.1) is 5.82 Å². The van der Waals surface area contributed by atoms with Crippen molar-refractivity contribution in [3.8, 4) is 5.75 Å². The van der Waals surface area contributed by atoms with Crippen LogP contribution in [0.2, 0.25) is 0 Å². The lowest BCUT2D eigenvalue weighted by molar-refractivity contribution is 0.410. The van der Waals surface area contributed by atoms with E-state index in [0.717, 1.165) is 5.56 Å². The second-order valence-corrected chi connectivity index (χ2v) is 4.99. The first-order valence-electron chi connectivity index (χ1n) is 6.43. The fourth-order valence-corrected chi connectivity index (χ4v) is 2.17. The number of nitrogens with one attached hydrogen (secondary N) is 1. The second kappa shape index (κ2) is 7.27. The van der Waals surface area contributed by atoms with Crippen LogP contribution in [0.5, 0.6) is 5.75 Å². The molecule has 4 heteroatoms. The Bertz CT molecular complexity index is 547. The van der Waals surface area contributed by atoms with Gasteiger partial charge in [-0.25, -0.2) is 4.39 Å². The predicted octanol–water partition coefficient (Wildman–Crippen LogP) is 3.90. The standard InChI is InChI=1S/C16H17ClFNO/c1-20-14-8-7-13(16(18)9-14)10-19-11-15(17)12-5-3-2-4-6-12/h2-9,15,19H,10-11H2,1H3. The molecule has 0 fully saturated rings. The molecule has 2 nitrogen and oxygen atoms in total. The van der Waals surface area contributed by atoms with Gasteiger partial charge in [-0.05, 0) is 11.6 Å². The average molecular weight is 294 g/mol. The van der Waals surface area contributed by atoms with Crippen LogP contribution in [0.15, 0.2) is 48.5 Å². The van der Waals surface area contributed by atoms with Crippen LogP contribution in [0.1, 0.15) is 16.5 Å². The number of ether oxygens (including phenoxy) is 1. The summed E-state index contributed by atoms with van der Waals surface area (Å²) < 4.78 is 18.7. The van der Waals surface area contributed by atoms with Gasteiger partial charge in [-0.3, -0.25) is 0 Å². The van der Waals surface area contributed by atoms with Crippen molar-refractivity contribution >= 4 is 11.6 Å². The lowest BCUT2D eigenvalue weighted by Crippen LogP contribution is -2.19. The van der Waals surface area contributed by atoms with E-state index in [1.54, 1.807) is 12.1 Å². The average Bonchev–Trinajstić information content (AvgIpc) is 2.49. The molecule has 0 aromatic heterocycles. The van der Waals surface area contributed by atoms with E-state index in [0.29, 0.717) is 24.4 Å². The molecular weight excluding hydrogens is 277 g/mol. The zero-order valence-electron chi connectivity index (χ0n) is 11.3. The van der Waals surface area contributed by atoms with Crippen LogP contribution >= 0.6 is 11.6 Å². The summed E-state index contributed by atoms with van der Waals surface area (Å²) in [7, 11) is 1.52. The first-order chi connectivity index (χ1) is 9.70. The minimum absolute atomic E-state index is 0.127. The summed E-state index contributed by atoms with van der Waals surface area (Å²) in [6.07, 6.45) is 0. The third kappa shape index (κ3) is 3.95. The van der Waals surface area contributed by atoms with Gasteiger partial charge in [0.1, 0.15) is 11.6 Å². The van der Waals surface area contributed by atoms with Crippen molar-refractivity contribution < 1.29 is 9.13 Å². The number of alkyl halides is 1. The van der Waals surface area contributed by atoms with E-state index < -0.39 is 0 Å². The van der Waals surface area contributed by atoms with Crippen molar-refractivity contribution in [3.63, 3.8) is 0 Å². The number of benzene rings is 2. The molecule has 0 radical (unpaired) electrons. The summed E-state index contributed by atoms with van der Waals surface area (Å²) in [6.45, 7) is 1.02. The molecule has 106 valence electrons. The molecule has 0 heterocycles. The predicted molar refractivity (Wildman–Crippen MR) is 79.7 cm³/mol. The third-order valence-electron chi connectivity index (χ3n) is 3.06. The van der Waals surface area contributed by atoms with Crippen molar-refractivity contribution in [2.75, 3.05) is 13.7 Å². The summed E-state index contributed by atoms with van der Waals surface area (Å²) in [5, 5.41) is 3.04. The van der Waals surface area contributed by atoms with E-state index in [1.165, 1.54) is 13.2 Å². The second-order valence-electron chi connectivity index (χ2n) is 4.47. The SMILES string of the molecule is COc1ccc(CNCC(Cl)c2ccccc2)c(F)c1. The van der Waals surface area contributed by atoms with Gasteiger partial charge in [0.25, 0.3) is 0 Å². The smallest absolute Gasteiger partial charge is 0.131 e. The van der Waals surface area contributed by atoms with Gasteiger partial charge in [0.05, 0.1) is 12.5 Å². The molecule has 1 atom stereocenters. The summed E-state index contributed by atoms with van der Waals surface area (Å²) in [6, 6.07) is 14.7. The van der Waals surface area contributed by atoms with Crippen molar-refractivity contribution in [2.45, 2.75) is 11.9 Å². The molecule has 0 aliphatic carbocycles. The lowest BCUT2D eigenvalue weighted by Gasteiger charge is -2.12. The van der Waals surface area contributed by atoms with E-state index >= 15 is 0 Å². The van der Waals surface area contributed by atoms with Crippen molar-refractivity contribution in [2.24, 2.45) is 0 Å². The summed E-state index contributed by atoms with van der Waals surface area (Å²) in [5.41, 5.74) is 1.65. The van der Waals surface area contributed by atoms with E-state index in [4.69, 9.17) is 16.3 Å². The first kappa shape index (κ1) is 14.8. The van der Waals surface area contributed by atoms with E-state index in [-0.39, 0.29) is 11.2 Å². The molecule has 1 unspecified atom stereocenters. The molecule has 2 rings (SSSR count). The number of hydrogen-bond donors (Lipinski definition) is 1. The Morgan fingerprint density at radius 3 is 2.60 bits per heavy atom. The van der Waals surface area contributed by atoms with Crippen LogP contribution < -0.4 is 10.1 Å². The number of rotatable bonds is 6. The van der Waals surface area contributed by atoms with Gasteiger partial charge < -0.3 is 10.1 Å². The Morgan fingerprint density at radius 1 is 1.20 bits per heavy atom. The Balaban J connectivity index is 1.87. The Morgan fingerprint density at radius 2 is 1.95 bits per heavy atom. The highest BCUT2D eigenvalue weighted by Crippen LogP contribution is 2.19. The largest absolute Gasteiger partial charge is 0.497 e. The summed E-state index contributed by atoms with van der Waals surface area (Å²) >= 11 is 6.28. The van der Waals surface area contributed by atoms with Crippen LogP contribution in [-0.4, -0.2) is 13.7 Å². The van der Waals surface area contributed by atoms with Gasteiger partial charge in [0.15, 0.2) is 0 Å². The Hall–Kier alpha value is -1.58. The lowest BCUT2D eigenvalue weighted by atomic mass is 10.1. The molecule has 0 saturated carbocycles. The van der Waals surface area contributed by atoms with Crippen LogP contribution in [0.4, 0.5) is 4.39 Å². The van der Waals surface area contributed by atoms with Crippen LogP contribution in [-0.2, 0) is 6.54 Å². The Kier molecular flexibility index (Phi) is 5.39. The van der Waals surface area contributed by atoms with Gasteiger partial charge >= 0.3 is 0 Å². The van der Waals surface area contributed by atoms with Gasteiger partial charge in [0, 0.05) is 24.7 Å². The molecule has 0 spiro atoms. The Labute approximate surface area is 123 Å². The maximum Gasteiger partial charge on any atom is 0.131 e. The molecule has 2 aromatic carbocycles. The van der Waals surface area contributed by atoms with Gasteiger partial charge in [-0.15, -0.1) is 11.6 Å². The molecule has 0 bridgehead atoms. The van der Waals surface area contributed by atoms with Gasteiger partial charge in [-0.2, -0.15) is 0 Å². The first-order valence-corrected chi connectivity index (χ1v) is 6.86. The molecule has 20 heavy (non-hydrogen) atoms. The fourth-order valence-electron chi connectivity index (χ4n) is 1.91. The van der Waals surface area contributed by atoms with E-state index in [9.17, 15) is 4.39 Å². The van der Waals surface area contributed by atoms with Gasteiger partial charge in [-0.1, -0.05) is 36.4 Å². The minimum Gasteiger partial charge on any atom is -0.497 e. The quantitative estimate of drug-likeness (QED) is 0.816. The van der Waals surface area contributed by atoms with E-state index in [2.05, 4.69) is 5.32 Å². The molecule has 2 aromatic rings.